The van der Waals surface area contributed by atoms with Crippen molar-refractivity contribution in [3.05, 3.63) is 29.8 Å². The van der Waals surface area contributed by atoms with E-state index in [1.807, 2.05) is 0 Å². The Morgan fingerprint density at radius 3 is 1.66 bits per heavy atom. The molecule has 0 aliphatic rings. The summed E-state index contributed by atoms with van der Waals surface area (Å²) in [5.41, 5.74) is 0.218. The Balaban J connectivity index is 3.03. The molecule has 0 atom stereocenters. The zero-order valence-corrected chi connectivity index (χ0v) is 16.6. The minimum Gasteiger partial charge on any atom is -0.309 e. The van der Waals surface area contributed by atoms with Crippen LogP contribution in [0.4, 0.5) is 39.5 Å². The predicted molar refractivity (Wildman–Crippen MR) is 87.8 cm³/mol. The van der Waals surface area contributed by atoms with Crippen LogP contribution < -0.4 is 0 Å². The molecule has 1 aromatic rings. The highest BCUT2D eigenvalue weighted by atomic mass is 32.2. The van der Waals surface area contributed by atoms with Gasteiger partial charge in [0.2, 0.25) is 0 Å². The van der Waals surface area contributed by atoms with Gasteiger partial charge in [0.1, 0.15) is 0 Å². The summed E-state index contributed by atoms with van der Waals surface area (Å²) in [6, 6.07) is 3.70. The molecular weight excluding hydrogens is 462 g/mol. The topological polar surface area (TPSA) is 35.5 Å². The Hall–Kier alpha value is -0.910. The second kappa shape index (κ2) is 9.07. The molecule has 0 aliphatic carbocycles. The maximum atomic E-state index is 13.6. The second-order valence-electron chi connectivity index (χ2n) is 5.51. The van der Waals surface area contributed by atoms with Crippen molar-refractivity contribution in [3.63, 3.8) is 0 Å². The molecule has 0 fully saturated rings. The summed E-state index contributed by atoms with van der Waals surface area (Å²) in [5.74, 6) is -13.7. The normalized spacial score (nSPS) is 14.3. The van der Waals surface area contributed by atoms with Crippen molar-refractivity contribution in [3.8, 4) is 0 Å². The average Bonchev–Trinajstić information content (AvgIpc) is 2.55. The standard InChI is InChI=1S/C15H16F9O3PS/c1-3-26-28(25,27-4-2)9-10-5-7-11(8-6-10)29-15(23,24)13(18,19)12(16,17)14(20,21)22/h5-8H,3-4,9H2,1-2H3. The summed E-state index contributed by atoms with van der Waals surface area (Å²) in [4.78, 5) is -0.709. The lowest BCUT2D eigenvalue weighted by molar-refractivity contribution is -0.381. The van der Waals surface area contributed by atoms with Crippen LogP contribution in [0.2, 0.25) is 0 Å². The van der Waals surface area contributed by atoms with E-state index in [9.17, 15) is 44.1 Å². The van der Waals surface area contributed by atoms with Gasteiger partial charge in [-0.05, 0) is 43.3 Å². The Morgan fingerprint density at radius 2 is 1.28 bits per heavy atom. The van der Waals surface area contributed by atoms with E-state index >= 15 is 0 Å². The average molecular weight is 478 g/mol. The van der Waals surface area contributed by atoms with E-state index in [1.165, 1.54) is 0 Å². The highest BCUT2D eigenvalue weighted by Gasteiger charge is 2.82. The van der Waals surface area contributed by atoms with Crippen LogP contribution in [0.5, 0.6) is 0 Å². The van der Waals surface area contributed by atoms with Gasteiger partial charge >= 0.3 is 30.9 Å². The van der Waals surface area contributed by atoms with Crippen LogP contribution in [-0.2, 0) is 19.8 Å². The van der Waals surface area contributed by atoms with Gasteiger partial charge in [0, 0.05) is 4.90 Å². The summed E-state index contributed by atoms with van der Waals surface area (Å²) in [5, 5.41) is -5.78. The second-order valence-corrected chi connectivity index (χ2v) is 8.76. The number of alkyl halides is 9. The van der Waals surface area contributed by atoms with Gasteiger partial charge in [-0.25, -0.2) is 0 Å². The molecule has 0 N–H and O–H groups in total. The van der Waals surface area contributed by atoms with Crippen molar-refractivity contribution in [1.29, 1.82) is 0 Å². The molecule has 0 heterocycles. The molecular formula is C15H16F9O3PS. The number of halogens is 9. The number of hydrogen-bond acceptors (Lipinski definition) is 4. The van der Waals surface area contributed by atoms with Crippen molar-refractivity contribution >= 4 is 19.4 Å². The first-order valence-corrected chi connectivity index (χ1v) is 10.4. The molecule has 0 spiro atoms. The molecule has 14 heteroatoms. The van der Waals surface area contributed by atoms with E-state index in [0.717, 1.165) is 24.3 Å². The quantitative estimate of drug-likeness (QED) is 0.207. The SMILES string of the molecule is CCOP(=O)(Cc1ccc(SC(F)(F)C(F)(F)C(F)(F)C(F)(F)F)cc1)OCC. The zero-order valence-electron chi connectivity index (χ0n) is 14.9. The summed E-state index contributed by atoms with van der Waals surface area (Å²) in [6.07, 6.45) is -7.16. The first-order valence-electron chi connectivity index (χ1n) is 7.89. The number of benzene rings is 1. The number of thioether (sulfide) groups is 1. The number of hydrogen-bond donors (Lipinski definition) is 0. The van der Waals surface area contributed by atoms with Crippen LogP contribution in [-0.4, -0.2) is 36.5 Å². The highest BCUT2D eigenvalue weighted by molar-refractivity contribution is 8.00. The molecule has 0 radical (unpaired) electrons. The summed E-state index contributed by atoms with van der Waals surface area (Å²) < 4.78 is 138. The Bertz CT molecular complexity index is 713. The molecule has 1 aromatic carbocycles. The molecule has 0 aromatic heterocycles. The molecule has 0 saturated carbocycles. The van der Waals surface area contributed by atoms with Gasteiger partial charge in [-0.15, -0.1) is 0 Å². The molecule has 0 saturated heterocycles. The minimum atomic E-state index is -6.95. The maximum absolute atomic E-state index is 13.6. The van der Waals surface area contributed by atoms with Crippen LogP contribution in [0, 0.1) is 0 Å². The lowest BCUT2D eigenvalue weighted by Gasteiger charge is -2.33. The van der Waals surface area contributed by atoms with Crippen molar-refractivity contribution in [1.82, 2.24) is 0 Å². The largest absolute Gasteiger partial charge is 0.460 e. The molecule has 3 nitrogen and oxygen atoms in total. The van der Waals surface area contributed by atoms with E-state index in [0.29, 0.717) is 0 Å². The van der Waals surface area contributed by atoms with E-state index in [-0.39, 0.29) is 24.9 Å². The summed E-state index contributed by atoms with van der Waals surface area (Å²) in [7, 11) is -3.56. The van der Waals surface area contributed by atoms with E-state index in [1.54, 1.807) is 13.8 Å². The van der Waals surface area contributed by atoms with Crippen molar-refractivity contribution < 1.29 is 53.1 Å². The Labute approximate surface area is 164 Å². The molecule has 168 valence electrons. The third-order valence-electron chi connectivity index (χ3n) is 3.31. The first kappa shape index (κ1) is 26.1. The fourth-order valence-corrected chi connectivity index (χ4v) is 4.51. The molecule has 0 aliphatic heterocycles. The van der Waals surface area contributed by atoms with E-state index in [2.05, 4.69) is 0 Å². The highest BCUT2D eigenvalue weighted by Crippen LogP contribution is 2.58. The predicted octanol–water partition coefficient (Wildman–Crippen LogP) is 6.97. The van der Waals surface area contributed by atoms with Gasteiger partial charge < -0.3 is 9.05 Å². The maximum Gasteiger partial charge on any atom is 0.460 e. The van der Waals surface area contributed by atoms with E-state index in [4.69, 9.17) is 9.05 Å². The lowest BCUT2D eigenvalue weighted by Crippen LogP contribution is -2.59. The molecule has 0 amide bonds. The van der Waals surface area contributed by atoms with Crippen LogP contribution in [0.25, 0.3) is 0 Å². The third-order valence-corrected chi connectivity index (χ3v) is 6.39. The first-order chi connectivity index (χ1) is 13.0. The third kappa shape index (κ3) is 5.83. The van der Waals surface area contributed by atoms with Gasteiger partial charge in [0.25, 0.3) is 0 Å². The summed E-state index contributed by atoms with van der Waals surface area (Å²) in [6.45, 7) is 3.18. The molecule has 1 rings (SSSR count). The van der Waals surface area contributed by atoms with Gasteiger partial charge in [-0.2, -0.15) is 39.5 Å². The van der Waals surface area contributed by atoms with Crippen molar-refractivity contribution in [2.24, 2.45) is 0 Å². The van der Waals surface area contributed by atoms with Gasteiger partial charge in [0.05, 0.1) is 19.4 Å². The number of rotatable bonds is 10. The van der Waals surface area contributed by atoms with Crippen LogP contribution in [0.1, 0.15) is 19.4 Å². The molecule has 29 heavy (non-hydrogen) atoms. The van der Waals surface area contributed by atoms with Gasteiger partial charge in [-0.3, -0.25) is 4.57 Å². The molecule has 0 unspecified atom stereocenters. The van der Waals surface area contributed by atoms with Crippen LogP contribution >= 0.6 is 19.4 Å². The fourth-order valence-electron chi connectivity index (χ4n) is 1.98. The lowest BCUT2D eigenvalue weighted by atomic mass is 10.1. The van der Waals surface area contributed by atoms with Crippen molar-refractivity contribution in [2.75, 3.05) is 13.2 Å². The Kier molecular flexibility index (Phi) is 8.17. The Morgan fingerprint density at radius 1 is 0.828 bits per heavy atom. The minimum absolute atomic E-state index is 0.0416. The zero-order chi connectivity index (χ0) is 22.7. The van der Waals surface area contributed by atoms with Crippen LogP contribution in [0.15, 0.2) is 29.2 Å². The fraction of sp³-hybridized carbons (Fsp3) is 0.600. The van der Waals surface area contributed by atoms with E-state index < -0.39 is 47.5 Å². The monoisotopic (exact) mass is 478 g/mol. The van der Waals surface area contributed by atoms with Gasteiger partial charge in [0.15, 0.2) is 0 Å². The summed E-state index contributed by atoms with van der Waals surface area (Å²) >= 11 is -1.15. The van der Waals surface area contributed by atoms with Crippen LogP contribution in [0.3, 0.4) is 0 Å². The molecule has 0 bridgehead atoms. The van der Waals surface area contributed by atoms with Crippen molar-refractivity contribution in [2.45, 2.75) is 48.2 Å². The smallest absolute Gasteiger partial charge is 0.309 e. The van der Waals surface area contributed by atoms with Gasteiger partial charge in [-0.1, -0.05) is 12.1 Å².